The summed E-state index contributed by atoms with van der Waals surface area (Å²) in [5.41, 5.74) is 1.50. The van der Waals surface area contributed by atoms with E-state index in [1.807, 2.05) is 0 Å². The fourth-order valence-electron chi connectivity index (χ4n) is 2.98. The molecule has 1 aliphatic heterocycles. The van der Waals surface area contributed by atoms with Crippen molar-refractivity contribution in [3.05, 3.63) is 48.5 Å². The Labute approximate surface area is 174 Å². The number of nitrogens with one attached hydrogen (secondary N) is 2. The van der Waals surface area contributed by atoms with Crippen molar-refractivity contribution in [2.75, 3.05) is 25.9 Å². The molecule has 0 saturated carbocycles. The van der Waals surface area contributed by atoms with Gasteiger partial charge in [-0.3, -0.25) is 10.0 Å². The maximum absolute atomic E-state index is 13.0. The summed E-state index contributed by atoms with van der Waals surface area (Å²) >= 11 is 0. The van der Waals surface area contributed by atoms with Crippen molar-refractivity contribution >= 4 is 25.8 Å². The number of hydroxylamine groups is 1. The van der Waals surface area contributed by atoms with Gasteiger partial charge in [0.05, 0.1) is 9.79 Å². The van der Waals surface area contributed by atoms with Crippen LogP contribution in [0.25, 0.3) is 0 Å². The van der Waals surface area contributed by atoms with Crippen LogP contribution in [-0.2, 0) is 24.7 Å². The minimum Gasteiger partial charge on any atom is -0.457 e. The number of rotatable bonds is 6. The Hall–Kier alpha value is -2.51. The van der Waals surface area contributed by atoms with Crippen LogP contribution >= 0.6 is 0 Å². The van der Waals surface area contributed by atoms with Gasteiger partial charge in [-0.1, -0.05) is 0 Å². The standard InChI is InChI=1S/C18H21N3O7S2/c1-29(24,25)15-6-2-13(3-7-15)28-14-4-8-16(9-5-14)30(26,27)21-11-10-19-12-17(21)18(22)20-23/h2-9,17,19,23H,10-12H2,1H3,(H,20,22). The second-order valence-corrected chi connectivity index (χ2v) is 10.5. The summed E-state index contributed by atoms with van der Waals surface area (Å²) in [6, 6.07) is 10.4. The molecule has 1 saturated heterocycles. The average molecular weight is 456 g/mol. The number of hydrogen-bond donors (Lipinski definition) is 3. The molecular weight excluding hydrogens is 434 g/mol. The second kappa shape index (κ2) is 8.70. The molecule has 0 aliphatic carbocycles. The maximum Gasteiger partial charge on any atom is 0.263 e. The number of nitrogens with zero attached hydrogens (tertiary/aromatic N) is 1. The van der Waals surface area contributed by atoms with Gasteiger partial charge in [-0.2, -0.15) is 4.31 Å². The van der Waals surface area contributed by atoms with E-state index in [1.54, 1.807) is 0 Å². The van der Waals surface area contributed by atoms with Gasteiger partial charge in [0.1, 0.15) is 17.5 Å². The zero-order chi connectivity index (χ0) is 21.9. The largest absolute Gasteiger partial charge is 0.457 e. The van der Waals surface area contributed by atoms with E-state index < -0.39 is 31.8 Å². The minimum atomic E-state index is -3.98. The quantitative estimate of drug-likeness (QED) is 0.418. The fourth-order valence-corrected chi connectivity index (χ4v) is 5.20. The molecule has 1 heterocycles. The molecule has 0 aromatic heterocycles. The maximum atomic E-state index is 13.0. The van der Waals surface area contributed by atoms with Crippen molar-refractivity contribution in [2.24, 2.45) is 0 Å². The third-order valence-corrected chi connectivity index (χ3v) is 7.58. The molecule has 0 bridgehead atoms. The van der Waals surface area contributed by atoms with Crippen LogP contribution in [0.5, 0.6) is 11.5 Å². The van der Waals surface area contributed by atoms with E-state index in [-0.39, 0.29) is 22.9 Å². The molecule has 1 fully saturated rings. The number of piperazine rings is 1. The van der Waals surface area contributed by atoms with Gasteiger partial charge in [-0.05, 0) is 48.5 Å². The van der Waals surface area contributed by atoms with Gasteiger partial charge >= 0.3 is 0 Å². The van der Waals surface area contributed by atoms with Crippen LogP contribution in [0.2, 0.25) is 0 Å². The molecule has 3 N–H and O–H groups in total. The Morgan fingerprint density at radius 1 is 1.03 bits per heavy atom. The van der Waals surface area contributed by atoms with Gasteiger partial charge < -0.3 is 10.1 Å². The molecule has 1 atom stereocenters. The van der Waals surface area contributed by atoms with E-state index in [0.29, 0.717) is 18.0 Å². The van der Waals surface area contributed by atoms with Crippen LogP contribution in [0.15, 0.2) is 58.3 Å². The van der Waals surface area contributed by atoms with Crippen molar-refractivity contribution in [3.63, 3.8) is 0 Å². The third kappa shape index (κ3) is 4.79. The molecular formula is C18H21N3O7S2. The zero-order valence-corrected chi connectivity index (χ0v) is 17.6. The SMILES string of the molecule is CS(=O)(=O)c1ccc(Oc2ccc(S(=O)(=O)N3CCNCC3C(=O)NO)cc2)cc1. The van der Waals surface area contributed by atoms with Crippen LogP contribution in [0.4, 0.5) is 0 Å². The Bertz CT molecular complexity index is 1120. The van der Waals surface area contributed by atoms with Crippen molar-refractivity contribution in [1.82, 2.24) is 15.1 Å². The summed E-state index contributed by atoms with van der Waals surface area (Å²) in [4.78, 5) is 12.0. The summed E-state index contributed by atoms with van der Waals surface area (Å²) in [7, 11) is -7.29. The Morgan fingerprint density at radius 3 is 2.07 bits per heavy atom. The van der Waals surface area contributed by atoms with Gasteiger partial charge in [0.2, 0.25) is 10.0 Å². The zero-order valence-electron chi connectivity index (χ0n) is 16.0. The summed E-state index contributed by atoms with van der Waals surface area (Å²) in [6.45, 7) is 0.529. The smallest absolute Gasteiger partial charge is 0.263 e. The lowest BCUT2D eigenvalue weighted by atomic mass is 10.2. The lowest BCUT2D eigenvalue weighted by Crippen LogP contribution is -2.59. The molecule has 3 rings (SSSR count). The van der Waals surface area contributed by atoms with E-state index in [1.165, 1.54) is 54.0 Å². The van der Waals surface area contributed by atoms with Crippen molar-refractivity contribution in [3.8, 4) is 11.5 Å². The summed E-state index contributed by atoms with van der Waals surface area (Å²) in [5, 5.41) is 11.8. The molecule has 2 aromatic rings. The summed E-state index contributed by atoms with van der Waals surface area (Å²) in [6.07, 6.45) is 1.11. The number of amides is 1. The Balaban J connectivity index is 1.78. The highest BCUT2D eigenvalue weighted by Gasteiger charge is 2.37. The first-order valence-corrected chi connectivity index (χ1v) is 12.2. The van der Waals surface area contributed by atoms with E-state index in [2.05, 4.69) is 5.32 Å². The fraction of sp³-hybridized carbons (Fsp3) is 0.278. The average Bonchev–Trinajstić information content (AvgIpc) is 2.73. The Morgan fingerprint density at radius 2 is 1.57 bits per heavy atom. The molecule has 1 amide bonds. The lowest BCUT2D eigenvalue weighted by molar-refractivity contribution is -0.133. The van der Waals surface area contributed by atoms with Gasteiger partial charge in [-0.25, -0.2) is 22.3 Å². The van der Waals surface area contributed by atoms with Crippen molar-refractivity contribution in [2.45, 2.75) is 15.8 Å². The van der Waals surface area contributed by atoms with Crippen LogP contribution in [-0.4, -0.2) is 64.2 Å². The highest BCUT2D eigenvalue weighted by molar-refractivity contribution is 7.90. The summed E-state index contributed by atoms with van der Waals surface area (Å²) in [5.74, 6) is -0.0749. The van der Waals surface area contributed by atoms with Gasteiger partial charge in [0.25, 0.3) is 5.91 Å². The van der Waals surface area contributed by atoms with E-state index in [4.69, 9.17) is 9.94 Å². The number of sulfonamides is 1. The minimum absolute atomic E-state index is 0.0279. The highest BCUT2D eigenvalue weighted by Crippen LogP contribution is 2.26. The first kappa shape index (κ1) is 22.2. The number of sulfone groups is 1. The highest BCUT2D eigenvalue weighted by atomic mass is 32.2. The Kier molecular flexibility index (Phi) is 6.43. The van der Waals surface area contributed by atoms with E-state index in [0.717, 1.165) is 10.6 Å². The number of benzene rings is 2. The van der Waals surface area contributed by atoms with E-state index in [9.17, 15) is 21.6 Å². The predicted molar refractivity (Wildman–Crippen MR) is 107 cm³/mol. The molecule has 12 heteroatoms. The topological polar surface area (TPSA) is 142 Å². The molecule has 0 spiro atoms. The van der Waals surface area contributed by atoms with Crippen LogP contribution in [0, 0.1) is 0 Å². The molecule has 30 heavy (non-hydrogen) atoms. The normalized spacial score (nSPS) is 18.0. The number of hydrogen-bond acceptors (Lipinski definition) is 8. The summed E-state index contributed by atoms with van der Waals surface area (Å²) < 4.78 is 55.6. The van der Waals surface area contributed by atoms with Crippen molar-refractivity contribution in [1.29, 1.82) is 0 Å². The molecule has 2 aromatic carbocycles. The van der Waals surface area contributed by atoms with Gasteiger partial charge in [0.15, 0.2) is 9.84 Å². The van der Waals surface area contributed by atoms with Crippen molar-refractivity contribution < 1.29 is 31.6 Å². The van der Waals surface area contributed by atoms with Crippen LogP contribution < -0.4 is 15.5 Å². The lowest BCUT2D eigenvalue weighted by Gasteiger charge is -2.33. The first-order valence-electron chi connectivity index (χ1n) is 8.87. The number of ether oxygens (including phenoxy) is 1. The van der Waals surface area contributed by atoms with Crippen LogP contribution in [0.1, 0.15) is 0 Å². The molecule has 1 unspecified atom stereocenters. The van der Waals surface area contributed by atoms with Crippen LogP contribution in [0.3, 0.4) is 0 Å². The molecule has 10 nitrogen and oxygen atoms in total. The third-order valence-electron chi connectivity index (χ3n) is 4.53. The molecule has 0 radical (unpaired) electrons. The number of carbonyl (C=O) groups is 1. The molecule has 162 valence electrons. The second-order valence-electron chi connectivity index (χ2n) is 6.63. The number of carbonyl (C=O) groups excluding carboxylic acids is 1. The van der Waals surface area contributed by atoms with E-state index >= 15 is 0 Å². The molecule has 1 aliphatic rings. The van der Waals surface area contributed by atoms with Gasteiger partial charge in [-0.15, -0.1) is 0 Å². The predicted octanol–water partition coefficient (Wildman–Crippen LogP) is 0.350. The van der Waals surface area contributed by atoms with Gasteiger partial charge in [0, 0.05) is 25.9 Å². The first-order chi connectivity index (χ1) is 14.1. The monoisotopic (exact) mass is 455 g/mol.